The summed E-state index contributed by atoms with van der Waals surface area (Å²) in [6.07, 6.45) is -4.43. The topological polar surface area (TPSA) is 93.6 Å². The number of alkyl halides is 3. The van der Waals surface area contributed by atoms with Gasteiger partial charge < -0.3 is 5.11 Å². The van der Waals surface area contributed by atoms with Crippen molar-refractivity contribution in [2.45, 2.75) is 6.18 Å². The number of aromatic amines is 2. The summed E-state index contributed by atoms with van der Waals surface area (Å²) in [5.41, 5.74) is -0.433. The van der Waals surface area contributed by atoms with E-state index < -0.39 is 17.3 Å². The lowest BCUT2D eigenvalue weighted by Crippen LogP contribution is -2.03. The molecule has 0 unspecified atom stereocenters. The second-order valence-corrected chi connectivity index (χ2v) is 5.10. The molecule has 0 amide bonds. The van der Waals surface area contributed by atoms with E-state index >= 15 is 0 Å². The highest BCUT2D eigenvalue weighted by Gasteiger charge is 2.29. The molecular formula is C16H11F3N4O2. The third-order valence-electron chi connectivity index (χ3n) is 3.35. The summed E-state index contributed by atoms with van der Waals surface area (Å²) < 4.78 is 37.6. The SMILES string of the molecule is O=c1[nH][nH]c(-c2cccc(O)c2)c1N=Nc1ccc(C(F)(F)F)cc1. The first-order chi connectivity index (χ1) is 11.8. The monoisotopic (exact) mass is 348 g/mol. The Bertz CT molecular complexity index is 972. The van der Waals surface area contributed by atoms with Crippen LogP contribution in [0.3, 0.4) is 0 Å². The van der Waals surface area contributed by atoms with Crippen molar-refractivity contribution in [3.63, 3.8) is 0 Å². The van der Waals surface area contributed by atoms with Gasteiger partial charge in [0, 0.05) is 5.56 Å². The van der Waals surface area contributed by atoms with Crippen molar-refractivity contribution in [2.24, 2.45) is 10.2 Å². The van der Waals surface area contributed by atoms with Crippen LogP contribution >= 0.6 is 0 Å². The average Bonchev–Trinajstić information content (AvgIpc) is 2.93. The molecule has 0 saturated heterocycles. The molecule has 3 N–H and O–H groups in total. The van der Waals surface area contributed by atoms with E-state index in [1.807, 2.05) is 0 Å². The van der Waals surface area contributed by atoms with Crippen LogP contribution in [0.5, 0.6) is 5.75 Å². The zero-order valence-electron chi connectivity index (χ0n) is 12.5. The molecule has 128 valence electrons. The smallest absolute Gasteiger partial charge is 0.416 e. The Balaban J connectivity index is 1.92. The molecule has 1 aromatic heterocycles. The zero-order valence-corrected chi connectivity index (χ0v) is 12.5. The molecule has 9 heteroatoms. The van der Waals surface area contributed by atoms with Crippen molar-refractivity contribution in [1.82, 2.24) is 10.2 Å². The summed E-state index contributed by atoms with van der Waals surface area (Å²) in [4.78, 5) is 11.9. The molecule has 0 atom stereocenters. The fourth-order valence-corrected chi connectivity index (χ4v) is 2.14. The number of benzene rings is 2. The summed E-state index contributed by atoms with van der Waals surface area (Å²) >= 11 is 0. The van der Waals surface area contributed by atoms with Gasteiger partial charge in [-0.2, -0.15) is 18.3 Å². The van der Waals surface area contributed by atoms with Crippen LogP contribution in [0.25, 0.3) is 11.3 Å². The molecule has 1 heterocycles. The second-order valence-electron chi connectivity index (χ2n) is 5.10. The quantitative estimate of drug-likeness (QED) is 0.608. The third kappa shape index (κ3) is 3.60. The maximum absolute atomic E-state index is 12.5. The van der Waals surface area contributed by atoms with Crippen molar-refractivity contribution >= 4 is 11.4 Å². The van der Waals surface area contributed by atoms with Crippen molar-refractivity contribution < 1.29 is 18.3 Å². The molecule has 25 heavy (non-hydrogen) atoms. The number of nitrogens with one attached hydrogen (secondary N) is 2. The van der Waals surface area contributed by atoms with E-state index in [1.165, 1.54) is 12.1 Å². The Hall–Kier alpha value is -3.36. The number of hydrogen-bond donors (Lipinski definition) is 3. The molecule has 0 aliphatic heterocycles. The van der Waals surface area contributed by atoms with Crippen molar-refractivity contribution in [2.75, 3.05) is 0 Å². The summed E-state index contributed by atoms with van der Waals surface area (Å²) in [7, 11) is 0. The number of nitrogens with zero attached hydrogens (tertiary/aromatic N) is 2. The van der Waals surface area contributed by atoms with Gasteiger partial charge in [-0.1, -0.05) is 12.1 Å². The van der Waals surface area contributed by atoms with Crippen LogP contribution < -0.4 is 5.56 Å². The molecule has 0 fully saturated rings. The third-order valence-corrected chi connectivity index (χ3v) is 3.35. The molecule has 6 nitrogen and oxygen atoms in total. The van der Waals surface area contributed by atoms with E-state index in [2.05, 4.69) is 20.4 Å². The second kappa shape index (κ2) is 6.27. The molecule has 2 aromatic carbocycles. The standard InChI is InChI=1S/C16H11F3N4O2/c17-16(18,19)10-4-6-11(7-5-10)20-22-14-13(21-23-15(14)25)9-2-1-3-12(24)8-9/h1-8,24H,(H2,21,23,25). The molecular weight excluding hydrogens is 337 g/mol. The highest BCUT2D eigenvalue weighted by molar-refractivity contribution is 5.72. The number of azo groups is 1. The number of aromatic hydroxyl groups is 1. The Kier molecular flexibility index (Phi) is 4.14. The van der Waals surface area contributed by atoms with Crippen LogP contribution in [0.1, 0.15) is 5.56 Å². The van der Waals surface area contributed by atoms with Crippen LogP contribution in [-0.2, 0) is 6.18 Å². The average molecular weight is 348 g/mol. The summed E-state index contributed by atoms with van der Waals surface area (Å²) in [5, 5.41) is 22.1. The fourth-order valence-electron chi connectivity index (χ4n) is 2.14. The van der Waals surface area contributed by atoms with Gasteiger partial charge in [0.15, 0.2) is 5.69 Å². The number of H-pyrrole nitrogens is 2. The van der Waals surface area contributed by atoms with Gasteiger partial charge in [0.2, 0.25) is 0 Å². The molecule has 0 aliphatic rings. The highest BCUT2D eigenvalue weighted by Crippen LogP contribution is 2.31. The van der Waals surface area contributed by atoms with E-state index in [-0.39, 0.29) is 17.1 Å². The molecule has 0 spiro atoms. The fraction of sp³-hybridized carbons (Fsp3) is 0.0625. The molecule has 0 bridgehead atoms. The van der Waals surface area contributed by atoms with Crippen molar-refractivity contribution in [3.05, 3.63) is 64.4 Å². The highest BCUT2D eigenvalue weighted by atomic mass is 19.4. The first-order valence-electron chi connectivity index (χ1n) is 7.03. The largest absolute Gasteiger partial charge is 0.508 e. The normalized spacial score (nSPS) is 12.0. The Morgan fingerprint density at radius 2 is 1.68 bits per heavy atom. The molecule has 0 radical (unpaired) electrons. The predicted molar refractivity (Wildman–Crippen MR) is 84.1 cm³/mol. The summed E-state index contributed by atoms with van der Waals surface area (Å²) in [6.45, 7) is 0. The van der Waals surface area contributed by atoms with Gasteiger partial charge >= 0.3 is 6.18 Å². The number of halogens is 3. The molecule has 0 saturated carbocycles. The van der Waals surface area contributed by atoms with Crippen LogP contribution in [0.4, 0.5) is 24.5 Å². The van der Waals surface area contributed by atoms with Gasteiger partial charge in [0.25, 0.3) is 5.56 Å². The van der Waals surface area contributed by atoms with Crippen molar-refractivity contribution in [3.8, 4) is 17.0 Å². The van der Waals surface area contributed by atoms with E-state index in [0.29, 0.717) is 11.3 Å². The lowest BCUT2D eigenvalue weighted by atomic mass is 10.1. The summed E-state index contributed by atoms with van der Waals surface area (Å²) in [6, 6.07) is 10.2. The maximum Gasteiger partial charge on any atom is 0.416 e. The zero-order chi connectivity index (χ0) is 18.0. The molecule has 3 rings (SSSR count). The van der Waals surface area contributed by atoms with Crippen LogP contribution in [-0.4, -0.2) is 15.3 Å². The Labute approximate surface area is 138 Å². The van der Waals surface area contributed by atoms with Crippen molar-refractivity contribution in [1.29, 1.82) is 0 Å². The van der Waals surface area contributed by atoms with Crippen LogP contribution in [0.15, 0.2) is 63.6 Å². The lowest BCUT2D eigenvalue weighted by Gasteiger charge is -2.05. The van der Waals surface area contributed by atoms with E-state index in [4.69, 9.17) is 0 Å². The van der Waals surface area contributed by atoms with E-state index in [0.717, 1.165) is 24.3 Å². The van der Waals surface area contributed by atoms with Gasteiger partial charge in [0.1, 0.15) is 5.75 Å². The summed E-state index contributed by atoms with van der Waals surface area (Å²) in [5.74, 6) is 0.00479. The van der Waals surface area contributed by atoms with Gasteiger partial charge in [-0.3, -0.25) is 15.0 Å². The lowest BCUT2D eigenvalue weighted by molar-refractivity contribution is -0.137. The van der Waals surface area contributed by atoms with Crippen LogP contribution in [0.2, 0.25) is 0 Å². The minimum Gasteiger partial charge on any atom is -0.508 e. The minimum atomic E-state index is -4.43. The predicted octanol–water partition coefficient (Wildman–Crippen LogP) is 4.51. The van der Waals surface area contributed by atoms with Gasteiger partial charge in [-0.15, -0.1) is 5.11 Å². The maximum atomic E-state index is 12.5. The van der Waals surface area contributed by atoms with Crippen LogP contribution in [0, 0.1) is 0 Å². The molecule has 0 aliphatic carbocycles. The number of phenolic OH excluding ortho intramolecular Hbond substituents is 1. The van der Waals surface area contributed by atoms with Gasteiger partial charge in [-0.05, 0) is 36.4 Å². The number of phenols is 1. The Morgan fingerprint density at radius 3 is 2.32 bits per heavy atom. The first-order valence-corrected chi connectivity index (χ1v) is 7.03. The van der Waals surface area contributed by atoms with E-state index in [1.54, 1.807) is 12.1 Å². The first kappa shape index (κ1) is 16.5. The minimum absolute atomic E-state index is 0.00479. The number of aromatic nitrogens is 2. The number of rotatable bonds is 3. The van der Waals surface area contributed by atoms with E-state index in [9.17, 15) is 23.1 Å². The number of hydrogen-bond acceptors (Lipinski definition) is 4. The van der Waals surface area contributed by atoms with Gasteiger partial charge in [0.05, 0.1) is 16.9 Å². The Morgan fingerprint density at radius 1 is 0.960 bits per heavy atom. The molecule has 3 aromatic rings. The van der Waals surface area contributed by atoms with Gasteiger partial charge in [-0.25, -0.2) is 0 Å².